The average Bonchev–Trinajstić information content (AvgIpc) is 2.07. The minimum Gasteiger partial charge on any atom is -1.00 e. The van der Waals surface area contributed by atoms with E-state index in [-0.39, 0.29) is 24.0 Å². The van der Waals surface area contributed by atoms with E-state index in [1.54, 1.807) is 7.11 Å². The van der Waals surface area contributed by atoms with E-state index in [1.807, 2.05) is 12.1 Å². The second kappa shape index (κ2) is 6.25. The third-order valence-corrected chi connectivity index (χ3v) is 1.62. The minimum absolute atomic E-state index is 0. The van der Waals surface area contributed by atoms with Crippen molar-refractivity contribution in [3.8, 4) is 5.75 Å². The quantitative estimate of drug-likeness (QED) is 0.609. The molecule has 0 amide bonds. The van der Waals surface area contributed by atoms with Crippen LogP contribution in [0.25, 0.3) is 0 Å². The Kier molecular flexibility index (Phi) is 6.10. The van der Waals surface area contributed by atoms with Gasteiger partial charge in [-0.05, 0) is 17.7 Å². The predicted octanol–water partition coefficient (Wildman–Crippen LogP) is -2.52. The second-order valence-electron chi connectivity index (χ2n) is 2.45. The van der Waals surface area contributed by atoms with Gasteiger partial charge in [0.25, 0.3) is 0 Å². The zero-order valence-corrected chi connectivity index (χ0v) is 9.37. The van der Waals surface area contributed by atoms with Crippen LogP contribution >= 0.6 is 0 Å². The molecule has 0 aromatic heterocycles. The summed E-state index contributed by atoms with van der Waals surface area (Å²) in [7, 11) is 1.68. The molecule has 3 heteroatoms. The first-order valence-electron chi connectivity index (χ1n) is 3.79. The van der Waals surface area contributed by atoms with Crippen molar-refractivity contribution in [1.29, 1.82) is 0 Å². The van der Waals surface area contributed by atoms with Crippen LogP contribution in [-0.4, -0.2) is 13.7 Å². The van der Waals surface area contributed by atoms with Crippen LogP contribution in [0.4, 0.5) is 0 Å². The maximum atomic E-state index is 5.03. The number of hydrogen-bond acceptors (Lipinski definition) is 1. The van der Waals surface area contributed by atoms with Crippen LogP contribution in [0, 0.1) is 0 Å². The molecule has 68 valence electrons. The van der Waals surface area contributed by atoms with Gasteiger partial charge in [-0.25, -0.2) is 0 Å². The number of halogens is 1. The van der Waals surface area contributed by atoms with Gasteiger partial charge in [0.05, 0.1) is 13.7 Å². The van der Waals surface area contributed by atoms with Gasteiger partial charge < -0.3 is 34.4 Å². The van der Waals surface area contributed by atoms with Crippen LogP contribution in [-0.2, 0) is 6.42 Å². The summed E-state index contributed by atoms with van der Waals surface area (Å²) in [5, 5.41) is 0. The molecule has 0 fully saturated rings. The molecule has 3 N–H and O–H groups in total. The first-order chi connectivity index (χ1) is 5.36. The van der Waals surface area contributed by atoms with Crippen molar-refractivity contribution in [3.05, 3.63) is 29.8 Å². The molecule has 0 spiro atoms. The van der Waals surface area contributed by atoms with Gasteiger partial charge in [0.1, 0.15) is 5.75 Å². The van der Waals surface area contributed by atoms with Crippen molar-refractivity contribution >= 4 is 0 Å². The van der Waals surface area contributed by atoms with Crippen LogP contribution < -0.4 is 34.4 Å². The molecule has 1 aromatic rings. The Morgan fingerprint density at radius 1 is 1.25 bits per heavy atom. The largest absolute Gasteiger partial charge is 1.00 e. The van der Waals surface area contributed by atoms with E-state index in [0.29, 0.717) is 0 Å². The number of hydrogen-bond donors (Lipinski definition) is 1. The molecular weight excluding hydrogens is 265 g/mol. The summed E-state index contributed by atoms with van der Waals surface area (Å²) in [5.74, 6) is 0.915. The Bertz CT molecular complexity index is 210. The molecule has 0 bridgehead atoms. The van der Waals surface area contributed by atoms with E-state index >= 15 is 0 Å². The lowest BCUT2D eigenvalue weighted by atomic mass is 10.1. The Balaban J connectivity index is 0.00000121. The van der Waals surface area contributed by atoms with Crippen molar-refractivity contribution in [2.24, 2.45) is 0 Å². The van der Waals surface area contributed by atoms with Crippen molar-refractivity contribution in [1.82, 2.24) is 0 Å². The fourth-order valence-electron chi connectivity index (χ4n) is 0.996. The molecule has 0 atom stereocenters. The minimum atomic E-state index is 0. The number of quaternary nitrogens is 1. The van der Waals surface area contributed by atoms with Crippen LogP contribution in [0.2, 0.25) is 0 Å². The lowest BCUT2D eigenvalue weighted by molar-refractivity contribution is -0.366. The smallest absolute Gasteiger partial charge is 0.118 e. The maximum Gasteiger partial charge on any atom is 0.118 e. The van der Waals surface area contributed by atoms with E-state index in [0.717, 1.165) is 18.7 Å². The Labute approximate surface area is 90.1 Å². The molecule has 0 radical (unpaired) electrons. The first-order valence-corrected chi connectivity index (χ1v) is 3.79. The normalized spacial score (nSPS) is 8.83. The number of ether oxygens (including phenoxy) is 1. The van der Waals surface area contributed by atoms with Crippen molar-refractivity contribution in [2.45, 2.75) is 6.42 Å². The molecule has 0 aliphatic carbocycles. The predicted molar refractivity (Wildman–Crippen MR) is 44.5 cm³/mol. The molecule has 0 aliphatic rings. The molecule has 2 nitrogen and oxygen atoms in total. The van der Waals surface area contributed by atoms with Crippen molar-refractivity contribution in [3.63, 3.8) is 0 Å². The van der Waals surface area contributed by atoms with E-state index < -0.39 is 0 Å². The molecule has 1 aromatic carbocycles. The van der Waals surface area contributed by atoms with Crippen molar-refractivity contribution in [2.75, 3.05) is 13.7 Å². The Morgan fingerprint density at radius 2 is 1.83 bits per heavy atom. The van der Waals surface area contributed by atoms with Gasteiger partial charge in [0, 0.05) is 6.42 Å². The summed E-state index contributed by atoms with van der Waals surface area (Å²) in [5.41, 5.74) is 5.11. The standard InChI is InChI=1S/C9H13NO.HI/c1-11-9-4-2-8(3-5-9)6-7-10;/h2-5H,6-7,10H2,1H3;1H. The molecule has 0 heterocycles. The summed E-state index contributed by atoms with van der Waals surface area (Å²) in [6, 6.07) is 8.10. The molecule has 0 saturated heterocycles. The molecule has 0 aliphatic heterocycles. The maximum absolute atomic E-state index is 5.03. The lowest BCUT2D eigenvalue weighted by Crippen LogP contribution is -3.00. The monoisotopic (exact) mass is 279 g/mol. The summed E-state index contributed by atoms with van der Waals surface area (Å²) in [4.78, 5) is 0. The zero-order valence-electron chi connectivity index (χ0n) is 7.22. The van der Waals surface area contributed by atoms with Crippen LogP contribution in [0.1, 0.15) is 5.56 Å². The van der Waals surface area contributed by atoms with Crippen LogP contribution in [0.3, 0.4) is 0 Å². The summed E-state index contributed by atoms with van der Waals surface area (Å²) < 4.78 is 5.03. The SMILES string of the molecule is COc1ccc(CC[NH3+])cc1.[I-]. The highest BCUT2D eigenvalue weighted by Crippen LogP contribution is 2.10. The van der Waals surface area contributed by atoms with Gasteiger partial charge >= 0.3 is 0 Å². The summed E-state index contributed by atoms with van der Waals surface area (Å²) in [6.45, 7) is 0.951. The fraction of sp³-hybridized carbons (Fsp3) is 0.333. The Hall–Kier alpha value is -0.290. The first kappa shape index (κ1) is 11.7. The highest BCUT2D eigenvalue weighted by molar-refractivity contribution is 5.27. The van der Waals surface area contributed by atoms with Crippen LogP contribution in [0.5, 0.6) is 5.75 Å². The van der Waals surface area contributed by atoms with E-state index in [2.05, 4.69) is 17.9 Å². The van der Waals surface area contributed by atoms with Gasteiger partial charge in [-0.1, -0.05) is 12.1 Å². The summed E-state index contributed by atoms with van der Waals surface area (Å²) in [6.07, 6.45) is 1.05. The highest BCUT2D eigenvalue weighted by Gasteiger charge is 1.92. The topological polar surface area (TPSA) is 36.9 Å². The van der Waals surface area contributed by atoms with Gasteiger partial charge in [-0.15, -0.1) is 0 Å². The summed E-state index contributed by atoms with van der Waals surface area (Å²) >= 11 is 0. The molecule has 12 heavy (non-hydrogen) atoms. The zero-order chi connectivity index (χ0) is 8.10. The van der Waals surface area contributed by atoms with Crippen LogP contribution in [0.15, 0.2) is 24.3 Å². The molecule has 1 rings (SSSR count). The average molecular weight is 279 g/mol. The van der Waals surface area contributed by atoms with E-state index in [1.165, 1.54) is 5.56 Å². The molecule has 0 unspecified atom stereocenters. The van der Waals surface area contributed by atoms with E-state index in [4.69, 9.17) is 4.74 Å². The van der Waals surface area contributed by atoms with Gasteiger partial charge in [-0.3, -0.25) is 0 Å². The van der Waals surface area contributed by atoms with E-state index in [9.17, 15) is 0 Å². The third kappa shape index (κ3) is 3.40. The third-order valence-electron chi connectivity index (χ3n) is 1.62. The van der Waals surface area contributed by atoms with Crippen molar-refractivity contribution < 1.29 is 34.4 Å². The highest BCUT2D eigenvalue weighted by atomic mass is 127. The van der Waals surface area contributed by atoms with Gasteiger partial charge in [0.2, 0.25) is 0 Å². The second-order valence-corrected chi connectivity index (χ2v) is 2.45. The molecule has 0 saturated carbocycles. The molecular formula is C9H14INO. The fourth-order valence-corrected chi connectivity index (χ4v) is 0.996. The van der Waals surface area contributed by atoms with Gasteiger partial charge in [-0.2, -0.15) is 0 Å². The number of rotatable bonds is 3. The Morgan fingerprint density at radius 3 is 2.25 bits per heavy atom. The number of benzene rings is 1. The van der Waals surface area contributed by atoms with Gasteiger partial charge in [0.15, 0.2) is 0 Å². The lowest BCUT2D eigenvalue weighted by Gasteiger charge is -2.00. The number of methoxy groups -OCH3 is 1.